The van der Waals surface area contributed by atoms with E-state index in [2.05, 4.69) is 0 Å². The highest BCUT2D eigenvalue weighted by molar-refractivity contribution is 7.28. The van der Waals surface area contributed by atoms with Gasteiger partial charge in [-0.05, 0) is 33.4 Å². The van der Waals surface area contributed by atoms with Crippen LogP contribution in [-0.4, -0.2) is 91.6 Å². The Morgan fingerprint density at radius 1 is 0.371 bits per heavy atom. The van der Waals surface area contributed by atoms with Crippen molar-refractivity contribution in [1.29, 1.82) is 0 Å². The summed E-state index contributed by atoms with van der Waals surface area (Å²) in [6.07, 6.45) is 0. The number of fused-ring (bicyclic) bond motifs is 10. The number of phenols is 8. The summed E-state index contributed by atoms with van der Waals surface area (Å²) >= 11 is 0.942. The number of phenolic OH excluding ortho intramolecular Hbond substituents is 8. The predicted molar refractivity (Wildman–Crippen MR) is 244 cm³/mol. The van der Waals surface area contributed by atoms with Gasteiger partial charge in [0.1, 0.15) is 42.9 Å². The van der Waals surface area contributed by atoms with Gasteiger partial charge in [-0.2, -0.15) is 0 Å². The standard InChI is InChI=1S/C45H22B4N4O8S/c46-26-20-22-31(53-30(20)24(23-32(53)28(48)37(58)39(60)35(23)56)41-21(26)25-36(57)40(61)38(59)29(49)42(25)62-41)27(47)34(55)19(33(22)54)17-12-7-13-18(14-17)45-51-43(15-8-3-1-4-9-15)50-44(52-45)16-10-5-2-6-11-16/h1-14,54-61H. The highest BCUT2D eigenvalue weighted by atomic mass is 32.1. The van der Waals surface area contributed by atoms with Crippen LogP contribution in [0.25, 0.3) is 104 Å². The monoisotopic (exact) mass is 822 g/mol. The van der Waals surface area contributed by atoms with Gasteiger partial charge in [0.25, 0.3) is 0 Å². The molecule has 0 unspecified atom stereocenters. The van der Waals surface area contributed by atoms with Gasteiger partial charge in [-0.25, -0.2) is 15.0 Å². The maximum Gasteiger partial charge on any atom is 0.200 e. The smallest absolute Gasteiger partial charge is 0.200 e. The largest absolute Gasteiger partial charge is 0.508 e. The molecular formula is C45H22B4N4O8S. The first kappa shape index (κ1) is 37.2. The lowest BCUT2D eigenvalue weighted by Gasteiger charge is -2.16. The van der Waals surface area contributed by atoms with Gasteiger partial charge in [0.05, 0.1) is 27.5 Å². The van der Waals surface area contributed by atoms with Gasteiger partial charge in [-0.15, -0.1) is 11.3 Å². The molecule has 8 N–H and O–H groups in total. The molecule has 17 heteroatoms. The summed E-state index contributed by atoms with van der Waals surface area (Å²) < 4.78 is 1.78. The summed E-state index contributed by atoms with van der Waals surface area (Å²) in [6.45, 7) is 0. The van der Waals surface area contributed by atoms with E-state index in [4.69, 9.17) is 46.3 Å². The summed E-state index contributed by atoms with van der Waals surface area (Å²) in [6, 6.07) is 25.6. The van der Waals surface area contributed by atoms with E-state index in [9.17, 15) is 40.9 Å². The molecule has 0 saturated carbocycles. The molecule has 0 bridgehead atoms. The third kappa shape index (κ3) is 4.73. The maximum atomic E-state index is 12.6. The first-order chi connectivity index (χ1) is 29.8. The van der Waals surface area contributed by atoms with E-state index in [1.54, 1.807) is 24.3 Å². The highest BCUT2D eigenvalue weighted by Crippen LogP contribution is 2.55. The molecule has 288 valence electrons. The molecule has 0 aliphatic heterocycles. The number of aromatic nitrogens is 4. The maximum absolute atomic E-state index is 12.6. The molecule has 0 spiro atoms. The van der Waals surface area contributed by atoms with E-state index in [-0.39, 0.29) is 80.2 Å². The fourth-order valence-corrected chi connectivity index (χ4v) is 10.0. The number of hydrogen-bond donors (Lipinski definition) is 8. The second-order valence-electron chi connectivity index (χ2n) is 14.8. The fraction of sp³-hybridized carbons (Fsp3) is 0. The zero-order valence-electron chi connectivity index (χ0n) is 31.7. The van der Waals surface area contributed by atoms with Gasteiger partial charge in [0.2, 0.25) is 0 Å². The Kier molecular flexibility index (Phi) is 7.73. The van der Waals surface area contributed by atoms with Gasteiger partial charge < -0.3 is 45.3 Å². The normalized spacial score (nSPS) is 12.0. The zero-order chi connectivity index (χ0) is 43.2. The van der Waals surface area contributed by atoms with Crippen LogP contribution in [0.1, 0.15) is 0 Å². The molecule has 0 fully saturated rings. The molecule has 0 aliphatic carbocycles. The minimum Gasteiger partial charge on any atom is -0.508 e. The quantitative estimate of drug-likeness (QED) is 0.0888. The Morgan fingerprint density at radius 2 is 0.855 bits per heavy atom. The molecule has 4 aromatic heterocycles. The van der Waals surface area contributed by atoms with E-state index < -0.39 is 51.5 Å². The summed E-state index contributed by atoms with van der Waals surface area (Å²) in [7, 11) is 26.7. The lowest BCUT2D eigenvalue weighted by Crippen LogP contribution is -2.12. The predicted octanol–water partition coefficient (Wildman–Crippen LogP) is 4.88. The van der Waals surface area contributed by atoms with Crippen LogP contribution in [0.5, 0.6) is 46.0 Å². The molecule has 0 amide bonds. The molecule has 0 aliphatic rings. The van der Waals surface area contributed by atoms with Gasteiger partial charge in [0.15, 0.2) is 52.0 Å². The van der Waals surface area contributed by atoms with Crippen molar-refractivity contribution in [1.82, 2.24) is 19.4 Å². The number of benzene rings is 7. The Hall–Kier alpha value is -7.77. The average Bonchev–Trinajstić information content (AvgIpc) is 3.98. The molecule has 4 heterocycles. The first-order valence-electron chi connectivity index (χ1n) is 18.8. The Labute approximate surface area is 357 Å². The van der Waals surface area contributed by atoms with E-state index in [1.807, 2.05) is 60.7 Å². The van der Waals surface area contributed by atoms with E-state index >= 15 is 0 Å². The highest BCUT2D eigenvalue weighted by Gasteiger charge is 2.34. The lowest BCUT2D eigenvalue weighted by atomic mass is 9.81. The minimum absolute atomic E-state index is 0.00107. The molecule has 12 nitrogen and oxygen atoms in total. The number of nitrogens with zero attached hydrogens (tertiary/aromatic N) is 4. The van der Waals surface area contributed by atoms with Crippen molar-refractivity contribution in [2.24, 2.45) is 0 Å². The third-order valence-electron chi connectivity index (χ3n) is 11.5. The van der Waals surface area contributed by atoms with Crippen molar-refractivity contribution in [2.75, 3.05) is 0 Å². The zero-order valence-corrected chi connectivity index (χ0v) is 32.5. The Bertz CT molecular complexity index is 3730. The van der Waals surface area contributed by atoms with Crippen LogP contribution < -0.4 is 21.9 Å². The fourth-order valence-electron chi connectivity index (χ4n) is 8.69. The summed E-state index contributed by atoms with van der Waals surface area (Å²) in [5.74, 6) is -4.91. The van der Waals surface area contributed by atoms with Gasteiger partial charge in [0, 0.05) is 47.6 Å². The molecule has 11 rings (SSSR count). The number of rotatable bonds is 4. The topological polar surface area (TPSA) is 205 Å². The molecule has 7 aromatic carbocycles. The Morgan fingerprint density at radius 3 is 1.45 bits per heavy atom. The molecule has 8 radical (unpaired) electrons. The SMILES string of the molecule is [B]c1c(O)c(O)c(O)c2c1sc1c2c([B])c2c3c(O)c(-c4cccc(-c5nc(-c6ccccc6)nc(-c6ccccc6)n5)c4)c(O)c([B])c3n3c4c([B])c(O)c(O)c(O)c4c1c23. The molecular weight excluding hydrogens is 800 g/mol. The van der Waals surface area contributed by atoms with Crippen LogP contribution in [0.15, 0.2) is 84.9 Å². The first-order valence-corrected chi connectivity index (χ1v) is 19.6. The van der Waals surface area contributed by atoms with Gasteiger partial charge in [-0.3, -0.25) is 0 Å². The summed E-state index contributed by atoms with van der Waals surface area (Å²) in [5.41, 5.74) is 1.27. The van der Waals surface area contributed by atoms with Crippen LogP contribution in [0.2, 0.25) is 0 Å². The summed E-state index contributed by atoms with van der Waals surface area (Å²) in [5, 5.41) is 90.8. The van der Waals surface area contributed by atoms with Gasteiger partial charge >= 0.3 is 0 Å². The van der Waals surface area contributed by atoms with Crippen molar-refractivity contribution in [3.8, 4) is 91.3 Å². The van der Waals surface area contributed by atoms with Crippen molar-refractivity contribution in [3.05, 3.63) is 84.9 Å². The van der Waals surface area contributed by atoms with Crippen LogP contribution in [0.3, 0.4) is 0 Å². The number of hydrogen-bond acceptors (Lipinski definition) is 12. The van der Waals surface area contributed by atoms with Crippen molar-refractivity contribution >= 4 is 123 Å². The summed E-state index contributed by atoms with van der Waals surface area (Å²) in [4.78, 5) is 14.4. The third-order valence-corrected chi connectivity index (χ3v) is 12.7. The average molecular weight is 822 g/mol. The van der Waals surface area contributed by atoms with Crippen LogP contribution >= 0.6 is 11.3 Å². The van der Waals surface area contributed by atoms with E-state index in [0.717, 1.165) is 22.5 Å². The number of aromatic hydroxyl groups is 8. The molecule has 0 saturated heterocycles. The van der Waals surface area contributed by atoms with Crippen molar-refractivity contribution < 1.29 is 40.9 Å². The molecule has 0 atom stereocenters. The second kappa shape index (κ2) is 12.9. The van der Waals surface area contributed by atoms with Crippen molar-refractivity contribution in [2.45, 2.75) is 0 Å². The molecule has 62 heavy (non-hydrogen) atoms. The molecule has 11 aromatic rings. The lowest BCUT2D eigenvalue weighted by molar-refractivity contribution is 0.373. The minimum atomic E-state index is -0.931. The second-order valence-corrected chi connectivity index (χ2v) is 15.8. The van der Waals surface area contributed by atoms with Crippen LogP contribution in [0, 0.1) is 0 Å². The Balaban J connectivity index is 1.26. The van der Waals surface area contributed by atoms with Crippen molar-refractivity contribution in [3.63, 3.8) is 0 Å². The van der Waals surface area contributed by atoms with E-state index in [0.29, 0.717) is 28.6 Å². The van der Waals surface area contributed by atoms with Crippen LogP contribution in [-0.2, 0) is 0 Å². The van der Waals surface area contributed by atoms with E-state index in [1.165, 1.54) is 4.40 Å². The van der Waals surface area contributed by atoms with Gasteiger partial charge in [-0.1, -0.05) is 84.3 Å². The number of thiophene rings is 1. The van der Waals surface area contributed by atoms with Crippen LogP contribution in [0.4, 0.5) is 0 Å².